The second kappa shape index (κ2) is 3.15. The Bertz CT molecular complexity index is 299. The van der Waals surface area contributed by atoms with E-state index in [0.29, 0.717) is 0 Å². The molecule has 0 fully saturated rings. The monoisotopic (exact) mass is 226 g/mol. The summed E-state index contributed by atoms with van der Waals surface area (Å²) in [5, 5.41) is 0. The zero-order valence-electron chi connectivity index (χ0n) is 6.76. The molecule has 0 saturated carbocycles. The zero-order valence-corrected chi connectivity index (χ0v) is 8.34. The third kappa shape index (κ3) is 1.27. The van der Waals surface area contributed by atoms with E-state index in [1.54, 1.807) is 0 Å². The Hall–Kier alpha value is -0.410. The summed E-state index contributed by atoms with van der Waals surface area (Å²) in [6, 6.07) is 0.193. The van der Waals surface area contributed by atoms with E-state index in [2.05, 4.69) is 20.9 Å². The molecule has 2 N–H and O–H groups in total. The third-order valence-electron chi connectivity index (χ3n) is 2.38. The second-order valence-corrected chi connectivity index (χ2v) is 4.04. The number of hydrogen-bond donors (Lipinski definition) is 1. The Morgan fingerprint density at radius 2 is 2.33 bits per heavy atom. The number of fused-ring (bicyclic) bond motifs is 1. The van der Waals surface area contributed by atoms with Crippen LogP contribution in [0.15, 0.2) is 16.9 Å². The van der Waals surface area contributed by atoms with Gasteiger partial charge in [0.15, 0.2) is 0 Å². The van der Waals surface area contributed by atoms with Crippen molar-refractivity contribution >= 4 is 15.9 Å². The number of nitrogens with zero attached hydrogens (tertiary/aromatic N) is 1. The van der Waals surface area contributed by atoms with Crippen LogP contribution in [0.25, 0.3) is 0 Å². The number of pyridine rings is 1. The van der Waals surface area contributed by atoms with E-state index in [9.17, 15) is 0 Å². The van der Waals surface area contributed by atoms with Gasteiger partial charge >= 0.3 is 0 Å². The molecule has 0 amide bonds. The summed E-state index contributed by atoms with van der Waals surface area (Å²) in [6.45, 7) is 0. The first-order chi connectivity index (χ1) is 5.79. The molecule has 1 aliphatic rings. The van der Waals surface area contributed by atoms with E-state index in [-0.39, 0.29) is 6.04 Å². The van der Waals surface area contributed by atoms with Crippen molar-refractivity contribution < 1.29 is 0 Å². The van der Waals surface area contributed by atoms with E-state index in [4.69, 9.17) is 5.73 Å². The van der Waals surface area contributed by atoms with Gasteiger partial charge in [-0.3, -0.25) is 4.98 Å². The maximum atomic E-state index is 5.95. The van der Waals surface area contributed by atoms with Gasteiger partial charge in [-0.2, -0.15) is 0 Å². The normalized spacial score (nSPS) is 22.0. The molecule has 2 rings (SSSR count). The van der Waals surface area contributed by atoms with Crippen LogP contribution in [-0.4, -0.2) is 4.98 Å². The van der Waals surface area contributed by atoms with Gasteiger partial charge in [0.1, 0.15) is 0 Å². The molecular weight excluding hydrogens is 216 g/mol. The SMILES string of the molecule is N[C@H]1CCCc2c(Br)cncc21. The molecule has 0 spiro atoms. The van der Waals surface area contributed by atoms with Gasteiger partial charge in [-0.25, -0.2) is 0 Å². The van der Waals surface area contributed by atoms with Crippen LogP contribution < -0.4 is 5.73 Å². The van der Waals surface area contributed by atoms with Gasteiger partial charge in [-0.15, -0.1) is 0 Å². The number of aromatic nitrogens is 1. The molecule has 12 heavy (non-hydrogen) atoms. The predicted molar refractivity (Wildman–Crippen MR) is 51.8 cm³/mol. The fourth-order valence-electron chi connectivity index (χ4n) is 1.71. The van der Waals surface area contributed by atoms with E-state index in [1.165, 1.54) is 17.5 Å². The highest BCUT2D eigenvalue weighted by atomic mass is 79.9. The molecule has 1 aliphatic carbocycles. The van der Waals surface area contributed by atoms with Crippen LogP contribution in [0.4, 0.5) is 0 Å². The number of rotatable bonds is 0. The van der Waals surface area contributed by atoms with Gasteiger partial charge in [0, 0.05) is 22.9 Å². The Kier molecular flexibility index (Phi) is 2.15. The number of halogens is 1. The fourth-order valence-corrected chi connectivity index (χ4v) is 2.26. The maximum absolute atomic E-state index is 5.95. The van der Waals surface area contributed by atoms with Crippen molar-refractivity contribution in [3.63, 3.8) is 0 Å². The van der Waals surface area contributed by atoms with Gasteiger partial charge in [0.2, 0.25) is 0 Å². The van der Waals surface area contributed by atoms with E-state index < -0.39 is 0 Å². The van der Waals surface area contributed by atoms with E-state index >= 15 is 0 Å². The molecule has 0 aliphatic heterocycles. The lowest BCUT2D eigenvalue weighted by molar-refractivity contribution is 0.566. The first-order valence-electron chi connectivity index (χ1n) is 4.17. The van der Waals surface area contributed by atoms with Crippen molar-refractivity contribution in [2.75, 3.05) is 0 Å². The topological polar surface area (TPSA) is 38.9 Å². The van der Waals surface area contributed by atoms with Crippen molar-refractivity contribution in [3.8, 4) is 0 Å². The minimum atomic E-state index is 0.193. The molecule has 3 heteroatoms. The lowest BCUT2D eigenvalue weighted by Crippen LogP contribution is -2.17. The van der Waals surface area contributed by atoms with Gasteiger partial charge in [0.05, 0.1) is 0 Å². The standard InChI is InChI=1S/C9H11BrN2/c10-8-5-12-4-7-6(8)2-1-3-9(7)11/h4-5,9H,1-3,11H2/t9-/m0/s1. The van der Waals surface area contributed by atoms with Crippen LogP contribution in [0.2, 0.25) is 0 Å². The Morgan fingerprint density at radius 3 is 3.08 bits per heavy atom. The van der Waals surface area contributed by atoms with Gasteiger partial charge in [-0.1, -0.05) is 0 Å². The highest BCUT2D eigenvalue weighted by molar-refractivity contribution is 9.10. The number of hydrogen-bond acceptors (Lipinski definition) is 2. The minimum absolute atomic E-state index is 0.193. The van der Waals surface area contributed by atoms with Crippen LogP contribution in [0.3, 0.4) is 0 Å². The lowest BCUT2D eigenvalue weighted by atomic mass is 9.90. The Balaban J connectivity index is 2.52. The summed E-state index contributed by atoms with van der Waals surface area (Å²) in [5.74, 6) is 0. The molecule has 0 radical (unpaired) electrons. The molecule has 0 unspecified atom stereocenters. The molecule has 64 valence electrons. The fraction of sp³-hybridized carbons (Fsp3) is 0.444. The van der Waals surface area contributed by atoms with Crippen molar-refractivity contribution in [2.24, 2.45) is 5.73 Å². The van der Waals surface area contributed by atoms with Gasteiger partial charge < -0.3 is 5.73 Å². The molecule has 0 saturated heterocycles. The Morgan fingerprint density at radius 1 is 1.50 bits per heavy atom. The van der Waals surface area contributed by atoms with Crippen molar-refractivity contribution in [1.29, 1.82) is 0 Å². The van der Waals surface area contributed by atoms with E-state index in [0.717, 1.165) is 17.3 Å². The minimum Gasteiger partial charge on any atom is -0.324 e. The van der Waals surface area contributed by atoms with Crippen molar-refractivity contribution in [1.82, 2.24) is 4.98 Å². The first kappa shape index (κ1) is 8.20. The first-order valence-corrected chi connectivity index (χ1v) is 4.96. The summed E-state index contributed by atoms with van der Waals surface area (Å²) < 4.78 is 1.11. The van der Waals surface area contributed by atoms with Crippen LogP contribution in [0.5, 0.6) is 0 Å². The summed E-state index contributed by atoms with van der Waals surface area (Å²) in [6.07, 6.45) is 7.15. The largest absolute Gasteiger partial charge is 0.324 e. The van der Waals surface area contributed by atoms with E-state index in [1.807, 2.05) is 12.4 Å². The second-order valence-electron chi connectivity index (χ2n) is 3.19. The smallest absolute Gasteiger partial charge is 0.0413 e. The van der Waals surface area contributed by atoms with Crippen LogP contribution in [0.1, 0.15) is 30.0 Å². The van der Waals surface area contributed by atoms with Gasteiger partial charge in [0.25, 0.3) is 0 Å². The molecular formula is C9H11BrN2. The molecule has 1 heterocycles. The highest BCUT2D eigenvalue weighted by Crippen LogP contribution is 2.31. The lowest BCUT2D eigenvalue weighted by Gasteiger charge is -2.22. The quantitative estimate of drug-likeness (QED) is 0.737. The zero-order chi connectivity index (χ0) is 8.55. The predicted octanol–water partition coefficient (Wildman–Crippen LogP) is 2.18. The molecule has 0 aromatic carbocycles. The third-order valence-corrected chi connectivity index (χ3v) is 3.06. The summed E-state index contributed by atoms with van der Waals surface area (Å²) in [4.78, 5) is 4.12. The van der Waals surface area contributed by atoms with Crippen LogP contribution in [0, 0.1) is 0 Å². The molecule has 1 aromatic heterocycles. The van der Waals surface area contributed by atoms with Crippen LogP contribution >= 0.6 is 15.9 Å². The molecule has 2 nitrogen and oxygen atoms in total. The average molecular weight is 227 g/mol. The summed E-state index contributed by atoms with van der Waals surface area (Å²) >= 11 is 3.49. The molecule has 1 aromatic rings. The Labute approximate surface area is 80.3 Å². The number of nitrogens with two attached hydrogens (primary N) is 1. The molecule has 0 bridgehead atoms. The summed E-state index contributed by atoms with van der Waals surface area (Å²) in [5.41, 5.74) is 8.52. The van der Waals surface area contributed by atoms with Crippen LogP contribution in [-0.2, 0) is 6.42 Å². The average Bonchev–Trinajstić information content (AvgIpc) is 2.07. The molecule has 1 atom stereocenters. The maximum Gasteiger partial charge on any atom is 0.0413 e. The van der Waals surface area contributed by atoms with Crippen molar-refractivity contribution in [3.05, 3.63) is 28.0 Å². The van der Waals surface area contributed by atoms with Gasteiger partial charge in [-0.05, 0) is 46.3 Å². The summed E-state index contributed by atoms with van der Waals surface area (Å²) in [7, 11) is 0. The highest BCUT2D eigenvalue weighted by Gasteiger charge is 2.18. The van der Waals surface area contributed by atoms with Crippen molar-refractivity contribution in [2.45, 2.75) is 25.3 Å².